The average molecular weight is 287 g/mol. The molecule has 0 aliphatic heterocycles. The second-order valence-corrected chi connectivity index (χ2v) is 5.11. The van der Waals surface area contributed by atoms with Crippen molar-refractivity contribution in [3.8, 4) is 5.75 Å². The Bertz CT molecular complexity index is 670. The number of halogens is 1. The zero-order chi connectivity index (χ0) is 15.6. The lowest BCUT2D eigenvalue weighted by molar-refractivity contribution is 0.0741. The second-order valence-electron chi connectivity index (χ2n) is 5.11. The summed E-state index contributed by atoms with van der Waals surface area (Å²) in [4.78, 5) is 13.9. The van der Waals surface area contributed by atoms with Gasteiger partial charge in [0, 0.05) is 18.2 Å². The first-order valence-corrected chi connectivity index (χ1v) is 6.73. The van der Waals surface area contributed by atoms with Crippen molar-refractivity contribution in [2.75, 3.05) is 7.05 Å². The number of benzene rings is 2. The summed E-state index contributed by atoms with van der Waals surface area (Å²) in [5.74, 6) is -0.547. The van der Waals surface area contributed by atoms with Gasteiger partial charge in [-0.2, -0.15) is 0 Å². The number of hydrogen-bond donors (Lipinski definition) is 1. The number of rotatable bonds is 3. The lowest BCUT2D eigenvalue weighted by Crippen LogP contribution is -2.29. The van der Waals surface area contributed by atoms with E-state index in [1.807, 2.05) is 6.92 Å². The molecule has 0 saturated carbocycles. The van der Waals surface area contributed by atoms with Gasteiger partial charge in [-0.1, -0.05) is 24.3 Å². The first kappa shape index (κ1) is 15.0. The Labute approximate surface area is 123 Å². The number of aromatic hydroxyl groups is 1. The smallest absolute Gasteiger partial charge is 0.254 e. The van der Waals surface area contributed by atoms with Crippen LogP contribution < -0.4 is 0 Å². The van der Waals surface area contributed by atoms with Crippen LogP contribution in [0.1, 0.15) is 34.5 Å². The third kappa shape index (κ3) is 3.05. The highest BCUT2D eigenvalue weighted by Gasteiger charge is 2.21. The molecule has 0 fully saturated rings. The maximum absolute atomic E-state index is 13.6. The first-order chi connectivity index (χ1) is 9.91. The zero-order valence-electron chi connectivity index (χ0n) is 12.3. The second kappa shape index (κ2) is 5.95. The summed E-state index contributed by atoms with van der Waals surface area (Å²) in [7, 11) is 1.64. The number of phenolic OH excluding ortho intramolecular Hbond substituents is 1. The Morgan fingerprint density at radius 3 is 2.52 bits per heavy atom. The molecule has 2 aromatic rings. The summed E-state index contributed by atoms with van der Waals surface area (Å²) in [5.41, 5.74) is 1.45. The van der Waals surface area contributed by atoms with Crippen LogP contribution in [0.2, 0.25) is 0 Å². The average Bonchev–Trinajstić information content (AvgIpc) is 2.48. The third-order valence-corrected chi connectivity index (χ3v) is 3.71. The SMILES string of the molecule is Cc1ccc(C(=O)N(C)C(C)c2ccccc2O)cc1F. The molecule has 0 saturated heterocycles. The number of nitrogens with zero attached hydrogens (tertiary/aromatic N) is 1. The van der Waals surface area contributed by atoms with Gasteiger partial charge >= 0.3 is 0 Å². The minimum atomic E-state index is -0.399. The lowest BCUT2D eigenvalue weighted by Gasteiger charge is -2.26. The number of carbonyl (C=O) groups excluding carboxylic acids is 1. The fraction of sp³-hybridized carbons (Fsp3) is 0.235. The monoisotopic (exact) mass is 287 g/mol. The van der Waals surface area contributed by atoms with Gasteiger partial charge in [0.2, 0.25) is 0 Å². The molecule has 1 N–H and O–H groups in total. The van der Waals surface area contributed by atoms with Crippen LogP contribution in [0, 0.1) is 12.7 Å². The van der Waals surface area contributed by atoms with Crippen molar-refractivity contribution in [3.63, 3.8) is 0 Å². The molecule has 2 rings (SSSR count). The Kier molecular flexibility index (Phi) is 4.26. The number of aryl methyl sites for hydroxylation is 1. The van der Waals surface area contributed by atoms with Crippen LogP contribution in [-0.2, 0) is 0 Å². The molecule has 1 unspecified atom stereocenters. The van der Waals surface area contributed by atoms with Crippen molar-refractivity contribution in [3.05, 3.63) is 65.0 Å². The van der Waals surface area contributed by atoms with Gasteiger partial charge in [-0.05, 0) is 37.6 Å². The van der Waals surface area contributed by atoms with E-state index >= 15 is 0 Å². The summed E-state index contributed by atoms with van der Waals surface area (Å²) < 4.78 is 13.6. The maximum Gasteiger partial charge on any atom is 0.254 e. The standard InChI is InChI=1S/C17H18FNO2/c1-11-8-9-13(10-15(11)18)17(21)19(3)12(2)14-6-4-5-7-16(14)20/h4-10,12,20H,1-3H3. The Morgan fingerprint density at radius 2 is 1.90 bits per heavy atom. The quantitative estimate of drug-likeness (QED) is 0.935. The van der Waals surface area contributed by atoms with Crippen LogP contribution in [-0.4, -0.2) is 23.0 Å². The molecule has 0 spiro atoms. The predicted octanol–water partition coefficient (Wildman–Crippen LogP) is 3.67. The largest absolute Gasteiger partial charge is 0.508 e. The van der Waals surface area contributed by atoms with E-state index in [9.17, 15) is 14.3 Å². The normalized spacial score (nSPS) is 12.0. The van der Waals surface area contributed by atoms with Gasteiger partial charge in [0.1, 0.15) is 11.6 Å². The Hall–Kier alpha value is -2.36. The van der Waals surface area contributed by atoms with Crippen LogP contribution >= 0.6 is 0 Å². The van der Waals surface area contributed by atoms with Crippen LogP contribution in [0.4, 0.5) is 4.39 Å². The summed E-state index contributed by atoms with van der Waals surface area (Å²) >= 11 is 0. The summed E-state index contributed by atoms with van der Waals surface area (Å²) in [5, 5.41) is 9.86. The fourth-order valence-electron chi connectivity index (χ4n) is 2.15. The zero-order valence-corrected chi connectivity index (χ0v) is 12.3. The fourth-order valence-corrected chi connectivity index (χ4v) is 2.15. The van der Waals surface area contributed by atoms with Gasteiger partial charge in [0.15, 0.2) is 0 Å². The third-order valence-electron chi connectivity index (χ3n) is 3.71. The van der Waals surface area contributed by atoms with Gasteiger partial charge in [0.05, 0.1) is 6.04 Å². The van der Waals surface area contributed by atoms with Crippen LogP contribution in [0.15, 0.2) is 42.5 Å². The molecule has 110 valence electrons. The van der Waals surface area contributed by atoms with Crippen molar-refractivity contribution in [2.24, 2.45) is 0 Å². The number of amides is 1. The summed E-state index contributed by atoms with van der Waals surface area (Å²) in [6, 6.07) is 11.0. The Morgan fingerprint density at radius 1 is 1.24 bits per heavy atom. The van der Waals surface area contributed by atoms with E-state index in [0.29, 0.717) is 16.7 Å². The van der Waals surface area contributed by atoms with Crippen molar-refractivity contribution in [1.82, 2.24) is 4.90 Å². The molecule has 0 heterocycles. The van der Waals surface area contributed by atoms with E-state index in [0.717, 1.165) is 0 Å². The molecular formula is C17H18FNO2. The lowest BCUT2D eigenvalue weighted by atomic mass is 10.0. The highest BCUT2D eigenvalue weighted by Crippen LogP contribution is 2.28. The molecule has 1 atom stereocenters. The van der Waals surface area contributed by atoms with E-state index in [1.165, 1.54) is 11.0 Å². The van der Waals surface area contributed by atoms with Crippen molar-refractivity contribution in [2.45, 2.75) is 19.9 Å². The molecule has 3 nitrogen and oxygen atoms in total. The van der Waals surface area contributed by atoms with Crippen molar-refractivity contribution >= 4 is 5.91 Å². The first-order valence-electron chi connectivity index (χ1n) is 6.73. The van der Waals surface area contributed by atoms with Gasteiger partial charge in [-0.25, -0.2) is 4.39 Å². The molecule has 1 amide bonds. The predicted molar refractivity (Wildman–Crippen MR) is 79.8 cm³/mol. The van der Waals surface area contributed by atoms with E-state index in [4.69, 9.17) is 0 Å². The summed E-state index contributed by atoms with van der Waals surface area (Å²) in [6.45, 7) is 3.47. The molecule has 0 radical (unpaired) electrons. The van der Waals surface area contributed by atoms with Gasteiger partial charge in [0.25, 0.3) is 5.91 Å². The van der Waals surface area contributed by atoms with E-state index in [1.54, 1.807) is 50.4 Å². The highest BCUT2D eigenvalue weighted by atomic mass is 19.1. The number of phenols is 1. The summed E-state index contributed by atoms with van der Waals surface area (Å²) in [6.07, 6.45) is 0. The topological polar surface area (TPSA) is 40.5 Å². The number of hydrogen-bond acceptors (Lipinski definition) is 2. The molecule has 21 heavy (non-hydrogen) atoms. The van der Waals surface area contributed by atoms with E-state index in [2.05, 4.69) is 0 Å². The number of carbonyl (C=O) groups is 1. The van der Waals surface area contributed by atoms with Gasteiger partial charge in [-0.3, -0.25) is 4.79 Å². The van der Waals surface area contributed by atoms with Crippen molar-refractivity contribution < 1.29 is 14.3 Å². The molecule has 0 bridgehead atoms. The van der Waals surface area contributed by atoms with Crippen molar-refractivity contribution in [1.29, 1.82) is 0 Å². The molecule has 4 heteroatoms. The maximum atomic E-state index is 13.6. The van der Waals surface area contributed by atoms with Crippen LogP contribution in [0.25, 0.3) is 0 Å². The van der Waals surface area contributed by atoms with Crippen LogP contribution in [0.3, 0.4) is 0 Å². The van der Waals surface area contributed by atoms with E-state index in [-0.39, 0.29) is 17.7 Å². The molecular weight excluding hydrogens is 269 g/mol. The minimum Gasteiger partial charge on any atom is -0.508 e. The minimum absolute atomic E-state index is 0.139. The molecule has 2 aromatic carbocycles. The molecule has 0 aliphatic carbocycles. The van der Waals surface area contributed by atoms with E-state index < -0.39 is 5.82 Å². The molecule has 0 aliphatic rings. The van der Waals surface area contributed by atoms with Crippen LogP contribution in [0.5, 0.6) is 5.75 Å². The van der Waals surface area contributed by atoms with Gasteiger partial charge < -0.3 is 10.0 Å². The van der Waals surface area contributed by atoms with Gasteiger partial charge in [-0.15, -0.1) is 0 Å². The molecule has 0 aromatic heterocycles. The number of para-hydroxylation sites is 1. The Balaban J connectivity index is 2.26. The highest BCUT2D eigenvalue weighted by molar-refractivity contribution is 5.94.